The van der Waals surface area contributed by atoms with Crippen LogP contribution in [-0.4, -0.2) is 41.9 Å². The van der Waals surface area contributed by atoms with Crippen molar-refractivity contribution < 1.29 is 4.79 Å². The summed E-state index contributed by atoms with van der Waals surface area (Å²) >= 11 is 0. The van der Waals surface area contributed by atoms with Gasteiger partial charge in [-0.3, -0.25) is 14.6 Å². The number of nitrogens with zero attached hydrogens (tertiary/aromatic N) is 2. The third-order valence-electron chi connectivity index (χ3n) is 6.19. The van der Waals surface area contributed by atoms with Crippen molar-refractivity contribution in [2.24, 2.45) is 0 Å². The van der Waals surface area contributed by atoms with Crippen LogP contribution in [0.25, 0.3) is 0 Å². The molecule has 0 unspecified atom stereocenters. The number of likely N-dealkylation sites (tertiary alicyclic amines) is 2. The van der Waals surface area contributed by atoms with Crippen molar-refractivity contribution >= 4 is 5.91 Å². The van der Waals surface area contributed by atoms with Crippen LogP contribution in [0, 0.1) is 0 Å². The minimum absolute atomic E-state index is 0.0149. The van der Waals surface area contributed by atoms with E-state index < -0.39 is 0 Å². The maximum absolute atomic E-state index is 12.8. The summed E-state index contributed by atoms with van der Waals surface area (Å²) in [4.78, 5) is 17.8. The standard InChI is InChI=1S/C25H33N3O/c29-25(22-12-8-9-21(17-22)19-27-15-6-7-16-27)26-18-23-10-2-3-11-24(23)20-28-13-4-1-5-14-28/h2-3,8-12,17H,1,4-7,13-16,18-20H2,(H,26,29). The van der Waals surface area contributed by atoms with Crippen molar-refractivity contribution in [3.8, 4) is 0 Å². The number of piperidine rings is 1. The fraction of sp³-hybridized carbons (Fsp3) is 0.480. The maximum Gasteiger partial charge on any atom is 0.251 e. The summed E-state index contributed by atoms with van der Waals surface area (Å²) < 4.78 is 0. The monoisotopic (exact) mass is 391 g/mol. The van der Waals surface area contributed by atoms with E-state index in [4.69, 9.17) is 0 Å². The molecule has 0 spiro atoms. The van der Waals surface area contributed by atoms with Crippen LogP contribution in [-0.2, 0) is 19.6 Å². The lowest BCUT2D eigenvalue weighted by atomic mass is 10.0. The van der Waals surface area contributed by atoms with Crippen LogP contribution in [0.5, 0.6) is 0 Å². The third kappa shape index (κ3) is 5.68. The smallest absolute Gasteiger partial charge is 0.251 e. The highest BCUT2D eigenvalue weighted by atomic mass is 16.1. The number of amides is 1. The van der Waals surface area contributed by atoms with Gasteiger partial charge in [0.1, 0.15) is 0 Å². The Balaban J connectivity index is 1.36. The van der Waals surface area contributed by atoms with Gasteiger partial charge in [0.2, 0.25) is 0 Å². The number of nitrogens with one attached hydrogen (secondary N) is 1. The average molecular weight is 392 g/mol. The molecule has 0 saturated carbocycles. The normalized spacial score (nSPS) is 18.1. The maximum atomic E-state index is 12.8. The van der Waals surface area contributed by atoms with Gasteiger partial charge >= 0.3 is 0 Å². The van der Waals surface area contributed by atoms with Crippen molar-refractivity contribution in [1.29, 1.82) is 0 Å². The van der Waals surface area contributed by atoms with Gasteiger partial charge in [-0.15, -0.1) is 0 Å². The highest BCUT2D eigenvalue weighted by molar-refractivity contribution is 5.94. The number of hydrogen-bond donors (Lipinski definition) is 1. The summed E-state index contributed by atoms with van der Waals surface area (Å²) in [5, 5.41) is 3.14. The van der Waals surface area contributed by atoms with Crippen LogP contribution in [0.3, 0.4) is 0 Å². The zero-order valence-corrected chi connectivity index (χ0v) is 17.4. The molecule has 29 heavy (non-hydrogen) atoms. The molecule has 4 heteroatoms. The zero-order valence-electron chi connectivity index (χ0n) is 17.4. The Labute approximate surface area is 174 Å². The summed E-state index contributed by atoms with van der Waals surface area (Å²) in [7, 11) is 0. The predicted octanol–water partition coefficient (Wildman–Crippen LogP) is 4.20. The first kappa shape index (κ1) is 20.1. The van der Waals surface area contributed by atoms with E-state index in [0.717, 1.165) is 18.7 Å². The molecule has 2 aromatic carbocycles. The van der Waals surface area contributed by atoms with E-state index in [1.807, 2.05) is 18.2 Å². The number of rotatable bonds is 7. The molecule has 2 heterocycles. The van der Waals surface area contributed by atoms with Crippen molar-refractivity contribution in [3.63, 3.8) is 0 Å². The number of carbonyl (C=O) groups is 1. The first-order valence-electron chi connectivity index (χ1n) is 11.2. The quantitative estimate of drug-likeness (QED) is 0.768. The third-order valence-corrected chi connectivity index (χ3v) is 6.19. The number of benzene rings is 2. The number of carbonyl (C=O) groups excluding carboxylic acids is 1. The van der Waals surface area contributed by atoms with Gasteiger partial charge in [-0.25, -0.2) is 0 Å². The lowest BCUT2D eigenvalue weighted by Gasteiger charge is -2.27. The van der Waals surface area contributed by atoms with Crippen LogP contribution in [0.15, 0.2) is 48.5 Å². The summed E-state index contributed by atoms with van der Waals surface area (Å²) in [6.07, 6.45) is 6.53. The predicted molar refractivity (Wildman–Crippen MR) is 118 cm³/mol. The fourth-order valence-corrected chi connectivity index (χ4v) is 4.53. The molecule has 0 bridgehead atoms. The molecule has 0 aliphatic carbocycles. The first-order chi connectivity index (χ1) is 14.3. The van der Waals surface area contributed by atoms with Crippen molar-refractivity contribution in [2.45, 2.75) is 51.7 Å². The second kappa shape index (κ2) is 10.0. The second-order valence-electron chi connectivity index (χ2n) is 8.47. The van der Waals surface area contributed by atoms with E-state index in [0.29, 0.717) is 6.54 Å². The molecule has 1 N–H and O–H groups in total. The molecule has 0 aromatic heterocycles. The van der Waals surface area contributed by atoms with Crippen LogP contribution in [0.2, 0.25) is 0 Å². The van der Waals surface area contributed by atoms with Crippen molar-refractivity contribution in [2.75, 3.05) is 26.2 Å². The second-order valence-corrected chi connectivity index (χ2v) is 8.47. The van der Waals surface area contributed by atoms with Crippen molar-refractivity contribution in [3.05, 3.63) is 70.8 Å². The molecule has 2 aliphatic heterocycles. The molecule has 2 aliphatic rings. The Morgan fingerprint density at radius 2 is 1.41 bits per heavy atom. The molecule has 154 valence electrons. The Hall–Kier alpha value is -2.17. The Morgan fingerprint density at radius 1 is 0.759 bits per heavy atom. The summed E-state index contributed by atoms with van der Waals surface area (Å²) in [6.45, 7) is 7.22. The largest absolute Gasteiger partial charge is 0.348 e. The van der Waals surface area contributed by atoms with Crippen LogP contribution in [0.1, 0.15) is 59.2 Å². The van der Waals surface area contributed by atoms with E-state index in [-0.39, 0.29) is 5.91 Å². The molecule has 2 aromatic rings. The first-order valence-corrected chi connectivity index (χ1v) is 11.2. The van der Waals surface area contributed by atoms with E-state index in [1.54, 1.807) is 0 Å². The van der Waals surface area contributed by atoms with Gasteiger partial charge in [0, 0.05) is 25.2 Å². The van der Waals surface area contributed by atoms with E-state index >= 15 is 0 Å². The van der Waals surface area contributed by atoms with Crippen LogP contribution >= 0.6 is 0 Å². The SMILES string of the molecule is O=C(NCc1ccccc1CN1CCCCC1)c1cccc(CN2CCCC2)c1. The van der Waals surface area contributed by atoms with Gasteiger partial charge in [-0.2, -0.15) is 0 Å². The molecule has 2 fully saturated rings. The van der Waals surface area contributed by atoms with Gasteiger partial charge in [0.15, 0.2) is 0 Å². The molecular weight excluding hydrogens is 358 g/mol. The molecule has 2 saturated heterocycles. The topological polar surface area (TPSA) is 35.6 Å². The highest BCUT2D eigenvalue weighted by Crippen LogP contribution is 2.17. The average Bonchev–Trinajstić information content (AvgIpc) is 3.27. The molecule has 0 atom stereocenters. The van der Waals surface area contributed by atoms with Gasteiger partial charge in [-0.1, -0.05) is 42.8 Å². The number of hydrogen-bond acceptors (Lipinski definition) is 3. The summed E-state index contributed by atoms with van der Waals surface area (Å²) in [6, 6.07) is 16.6. The van der Waals surface area contributed by atoms with Crippen LogP contribution in [0.4, 0.5) is 0 Å². The van der Waals surface area contributed by atoms with Gasteiger partial charge in [0.25, 0.3) is 5.91 Å². The van der Waals surface area contributed by atoms with Gasteiger partial charge in [0.05, 0.1) is 0 Å². The minimum atomic E-state index is 0.0149. The van der Waals surface area contributed by atoms with E-state index in [2.05, 4.69) is 45.4 Å². The van der Waals surface area contributed by atoms with Crippen LogP contribution < -0.4 is 5.32 Å². The lowest BCUT2D eigenvalue weighted by Crippen LogP contribution is -2.30. The molecular formula is C25H33N3O. The highest BCUT2D eigenvalue weighted by Gasteiger charge is 2.15. The van der Waals surface area contributed by atoms with E-state index in [9.17, 15) is 4.79 Å². The Kier molecular flexibility index (Phi) is 6.96. The summed E-state index contributed by atoms with van der Waals surface area (Å²) in [5.41, 5.74) is 4.54. The van der Waals surface area contributed by atoms with E-state index in [1.165, 1.54) is 75.0 Å². The Bertz CT molecular complexity index is 807. The molecule has 4 nitrogen and oxygen atoms in total. The van der Waals surface area contributed by atoms with Gasteiger partial charge < -0.3 is 5.32 Å². The summed E-state index contributed by atoms with van der Waals surface area (Å²) in [5.74, 6) is 0.0149. The fourth-order valence-electron chi connectivity index (χ4n) is 4.53. The molecule has 0 radical (unpaired) electrons. The lowest BCUT2D eigenvalue weighted by molar-refractivity contribution is 0.0950. The Morgan fingerprint density at radius 3 is 2.17 bits per heavy atom. The molecule has 1 amide bonds. The van der Waals surface area contributed by atoms with Crippen molar-refractivity contribution in [1.82, 2.24) is 15.1 Å². The zero-order chi connectivity index (χ0) is 19.9. The van der Waals surface area contributed by atoms with Gasteiger partial charge in [-0.05, 0) is 80.7 Å². The minimum Gasteiger partial charge on any atom is -0.348 e. The molecule has 4 rings (SSSR count).